The Balaban J connectivity index is 1.77. The van der Waals surface area contributed by atoms with Crippen molar-refractivity contribution in [1.29, 1.82) is 0 Å². The van der Waals surface area contributed by atoms with Crippen LogP contribution < -0.4 is 9.80 Å². The molecule has 0 saturated carbocycles. The molecule has 1 aromatic heterocycles. The normalized spacial score (nSPS) is 24.7. The van der Waals surface area contributed by atoms with E-state index in [1.165, 1.54) is 0 Å². The molecular weight excluding hydrogens is 296 g/mol. The van der Waals surface area contributed by atoms with Crippen LogP contribution in [0.25, 0.3) is 0 Å². The molecule has 3 heterocycles. The van der Waals surface area contributed by atoms with Gasteiger partial charge in [-0.2, -0.15) is 4.98 Å². The number of morpholine rings is 2. The van der Waals surface area contributed by atoms with E-state index in [-0.39, 0.29) is 11.7 Å². The summed E-state index contributed by atoms with van der Waals surface area (Å²) in [6, 6.07) is 1.97. The van der Waals surface area contributed by atoms with Gasteiger partial charge in [-0.05, 0) is 19.9 Å². The number of methoxy groups -OCH3 is 1. The van der Waals surface area contributed by atoms with Gasteiger partial charge in [0.15, 0.2) is 0 Å². The van der Waals surface area contributed by atoms with Crippen LogP contribution in [0.3, 0.4) is 0 Å². The topological polar surface area (TPSA) is 60.0 Å². The van der Waals surface area contributed by atoms with Gasteiger partial charge in [0.05, 0.1) is 31.5 Å². The summed E-state index contributed by atoms with van der Waals surface area (Å²) in [7, 11) is 1.70. The van der Waals surface area contributed by atoms with E-state index in [1.807, 2.05) is 12.3 Å². The second kappa shape index (κ2) is 6.98. The Hall–Kier alpha value is -1.44. The average molecular weight is 322 g/mol. The van der Waals surface area contributed by atoms with E-state index in [0.29, 0.717) is 6.61 Å². The summed E-state index contributed by atoms with van der Waals surface area (Å²) >= 11 is 0. The molecule has 128 valence electrons. The zero-order valence-corrected chi connectivity index (χ0v) is 14.2. The fourth-order valence-electron chi connectivity index (χ4n) is 3.17. The van der Waals surface area contributed by atoms with Gasteiger partial charge < -0.3 is 24.0 Å². The fourth-order valence-corrected chi connectivity index (χ4v) is 3.17. The number of hydrogen-bond acceptors (Lipinski definition) is 7. The maximum Gasteiger partial charge on any atom is 0.227 e. The summed E-state index contributed by atoms with van der Waals surface area (Å²) in [5.74, 6) is 1.72. The first-order valence-electron chi connectivity index (χ1n) is 8.15. The third-order valence-corrected chi connectivity index (χ3v) is 4.08. The van der Waals surface area contributed by atoms with Crippen molar-refractivity contribution in [3.63, 3.8) is 0 Å². The Morgan fingerprint density at radius 1 is 1.30 bits per heavy atom. The van der Waals surface area contributed by atoms with Crippen LogP contribution in [0.4, 0.5) is 11.8 Å². The molecule has 3 rings (SSSR count). The minimum Gasteiger partial charge on any atom is -0.382 e. The molecule has 0 spiro atoms. The molecule has 2 aliphatic heterocycles. The van der Waals surface area contributed by atoms with E-state index in [4.69, 9.17) is 19.2 Å². The summed E-state index contributed by atoms with van der Waals surface area (Å²) in [5, 5.41) is 0. The molecule has 0 radical (unpaired) electrons. The van der Waals surface area contributed by atoms with Gasteiger partial charge in [-0.25, -0.2) is 4.98 Å². The fraction of sp³-hybridized carbons (Fsp3) is 0.750. The minimum atomic E-state index is -0.231. The molecule has 2 saturated heterocycles. The molecule has 2 fully saturated rings. The Bertz CT molecular complexity index is 520. The first kappa shape index (κ1) is 16.4. The third kappa shape index (κ3) is 4.10. The highest BCUT2D eigenvalue weighted by Crippen LogP contribution is 2.26. The number of anilines is 2. The van der Waals surface area contributed by atoms with Crippen molar-refractivity contribution in [3.05, 3.63) is 12.3 Å². The smallest absolute Gasteiger partial charge is 0.227 e. The van der Waals surface area contributed by atoms with Gasteiger partial charge in [-0.1, -0.05) is 0 Å². The first-order chi connectivity index (χ1) is 11.1. The van der Waals surface area contributed by atoms with E-state index in [2.05, 4.69) is 28.6 Å². The van der Waals surface area contributed by atoms with E-state index in [9.17, 15) is 0 Å². The van der Waals surface area contributed by atoms with E-state index in [0.717, 1.165) is 51.2 Å². The zero-order valence-electron chi connectivity index (χ0n) is 14.2. The lowest BCUT2D eigenvalue weighted by atomic mass is 10.1. The first-order valence-corrected chi connectivity index (χ1v) is 8.15. The molecule has 1 atom stereocenters. The molecule has 7 nitrogen and oxygen atoms in total. The quantitative estimate of drug-likeness (QED) is 0.817. The predicted molar refractivity (Wildman–Crippen MR) is 88.1 cm³/mol. The maximum absolute atomic E-state index is 6.08. The number of nitrogens with zero attached hydrogens (tertiary/aromatic N) is 4. The van der Waals surface area contributed by atoms with Crippen molar-refractivity contribution < 1.29 is 14.2 Å². The molecule has 0 N–H and O–H groups in total. The Morgan fingerprint density at radius 2 is 2.09 bits per heavy atom. The highest BCUT2D eigenvalue weighted by molar-refractivity contribution is 5.45. The van der Waals surface area contributed by atoms with Crippen LogP contribution in [0.5, 0.6) is 0 Å². The minimum absolute atomic E-state index is 0.0468. The second-order valence-corrected chi connectivity index (χ2v) is 6.65. The maximum atomic E-state index is 6.08. The van der Waals surface area contributed by atoms with Gasteiger partial charge in [0.25, 0.3) is 0 Å². The number of aromatic nitrogens is 2. The summed E-state index contributed by atoms with van der Waals surface area (Å²) in [6.07, 6.45) is 1.88. The molecule has 0 unspecified atom stereocenters. The predicted octanol–water partition coefficient (Wildman–Crippen LogP) is 0.943. The largest absolute Gasteiger partial charge is 0.382 e. The monoisotopic (exact) mass is 322 g/mol. The van der Waals surface area contributed by atoms with E-state index in [1.54, 1.807) is 7.11 Å². The molecule has 1 aromatic rings. The van der Waals surface area contributed by atoms with Crippen molar-refractivity contribution in [2.24, 2.45) is 0 Å². The highest BCUT2D eigenvalue weighted by atomic mass is 16.5. The molecule has 0 bridgehead atoms. The van der Waals surface area contributed by atoms with Gasteiger partial charge in [0.2, 0.25) is 5.95 Å². The van der Waals surface area contributed by atoms with Crippen molar-refractivity contribution in [1.82, 2.24) is 9.97 Å². The summed E-state index contributed by atoms with van der Waals surface area (Å²) in [5.41, 5.74) is -0.231. The molecule has 0 aromatic carbocycles. The number of ether oxygens (including phenoxy) is 3. The lowest BCUT2D eigenvalue weighted by molar-refractivity contribution is -0.106. The molecular formula is C16H26N4O3. The van der Waals surface area contributed by atoms with Crippen molar-refractivity contribution >= 4 is 11.8 Å². The molecule has 7 heteroatoms. The van der Waals surface area contributed by atoms with Crippen molar-refractivity contribution in [2.75, 3.05) is 62.9 Å². The molecule has 0 aliphatic carbocycles. The Kier molecular flexibility index (Phi) is 4.99. The average Bonchev–Trinajstić information content (AvgIpc) is 2.55. The van der Waals surface area contributed by atoms with Gasteiger partial charge in [0.1, 0.15) is 5.82 Å². The lowest BCUT2D eigenvalue weighted by Gasteiger charge is -2.43. The number of rotatable bonds is 4. The van der Waals surface area contributed by atoms with Crippen LogP contribution in [0.1, 0.15) is 13.8 Å². The lowest BCUT2D eigenvalue weighted by Crippen LogP contribution is -2.54. The van der Waals surface area contributed by atoms with Gasteiger partial charge in [-0.15, -0.1) is 0 Å². The third-order valence-electron chi connectivity index (χ3n) is 4.08. The standard InChI is InChI=1S/C16H26N4O3/c1-16(2)12-20(10-13(23-16)11-21-3)14-4-5-17-15(18-14)19-6-8-22-9-7-19/h4-5,13H,6-12H2,1-3H3/t13-/m0/s1. The number of hydrogen-bond donors (Lipinski definition) is 0. The van der Waals surface area contributed by atoms with Crippen LogP contribution in [-0.2, 0) is 14.2 Å². The van der Waals surface area contributed by atoms with Crippen molar-refractivity contribution in [2.45, 2.75) is 25.6 Å². The van der Waals surface area contributed by atoms with Crippen LogP contribution >= 0.6 is 0 Å². The van der Waals surface area contributed by atoms with Crippen LogP contribution in [0.15, 0.2) is 12.3 Å². The van der Waals surface area contributed by atoms with Crippen LogP contribution in [0.2, 0.25) is 0 Å². The zero-order chi connectivity index (χ0) is 16.3. The van der Waals surface area contributed by atoms with Gasteiger partial charge in [-0.3, -0.25) is 0 Å². The summed E-state index contributed by atoms with van der Waals surface area (Å²) in [6.45, 7) is 9.50. The molecule has 2 aliphatic rings. The van der Waals surface area contributed by atoms with E-state index < -0.39 is 0 Å². The second-order valence-electron chi connectivity index (χ2n) is 6.65. The van der Waals surface area contributed by atoms with E-state index >= 15 is 0 Å². The molecule has 0 amide bonds. The Labute approximate surface area is 137 Å². The van der Waals surface area contributed by atoms with Crippen LogP contribution in [0, 0.1) is 0 Å². The Morgan fingerprint density at radius 3 is 2.83 bits per heavy atom. The summed E-state index contributed by atoms with van der Waals surface area (Å²) < 4.78 is 16.7. The van der Waals surface area contributed by atoms with Crippen molar-refractivity contribution in [3.8, 4) is 0 Å². The summed E-state index contributed by atoms with van der Waals surface area (Å²) in [4.78, 5) is 13.6. The van der Waals surface area contributed by atoms with Crippen LogP contribution in [-0.4, -0.2) is 74.8 Å². The van der Waals surface area contributed by atoms with Gasteiger partial charge >= 0.3 is 0 Å². The SMILES string of the molecule is COC[C@@H]1CN(c2ccnc(N3CCOCC3)n2)CC(C)(C)O1. The van der Waals surface area contributed by atoms with Gasteiger partial charge in [0, 0.05) is 39.5 Å². The highest BCUT2D eigenvalue weighted by Gasteiger charge is 2.34. The molecule has 23 heavy (non-hydrogen) atoms.